The molecule has 0 saturated heterocycles. The minimum absolute atomic E-state index is 0.0932. The van der Waals surface area contributed by atoms with E-state index in [1.54, 1.807) is 13.0 Å². The maximum Gasteiger partial charge on any atom is 0.300 e. The molecule has 0 unspecified atom stereocenters. The Morgan fingerprint density at radius 1 is 1.53 bits per heavy atom. The van der Waals surface area contributed by atoms with Gasteiger partial charge in [-0.3, -0.25) is 4.79 Å². The van der Waals surface area contributed by atoms with Crippen LogP contribution in [0.3, 0.4) is 0 Å². The van der Waals surface area contributed by atoms with Gasteiger partial charge in [0.2, 0.25) is 0 Å². The molecule has 0 aliphatic rings. The van der Waals surface area contributed by atoms with Gasteiger partial charge in [0, 0.05) is 6.07 Å². The summed E-state index contributed by atoms with van der Waals surface area (Å²) in [4.78, 5) is 11.3. The first kappa shape index (κ1) is 12.9. The minimum atomic E-state index is -0.403. The largest absolute Gasteiger partial charge is 0.508 e. The highest BCUT2D eigenvalue weighted by molar-refractivity contribution is 6.04. The first-order valence-electron chi connectivity index (χ1n) is 5.37. The van der Waals surface area contributed by atoms with Gasteiger partial charge in [0.25, 0.3) is 5.91 Å². The van der Waals surface area contributed by atoms with E-state index in [2.05, 4.69) is 17.2 Å². The lowest BCUT2D eigenvalue weighted by Crippen LogP contribution is -2.10. The number of phenols is 1. The van der Waals surface area contributed by atoms with Crippen molar-refractivity contribution in [2.75, 3.05) is 11.9 Å². The first-order chi connectivity index (χ1) is 8.17. The summed E-state index contributed by atoms with van der Waals surface area (Å²) in [5, 5.41) is 12.0. The number of carbonyl (C=O) groups excluding carboxylic acids is 1. The van der Waals surface area contributed by atoms with E-state index in [1.807, 2.05) is 6.92 Å². The van der Waals surface area contributed by atoms with Gasteiger partial charge in [0.15, 0.2) is 0 Å². The third kappa shape index (κ3) is 4.07. The van der Waals surface area contributed by atoms with Crippen LogP contribution in [0.15, 0.2) is 18.2 Å². The lowest BCUT2D eigenvalue weighted by Gasteiger charge is -2.10. The topological polar surface area (TPSA) is 58.6 Å². The Morgan fingerprint density at radius 3 is 2.94 bits per heavy atom. The van der Waals surface area contributed by atoms with Gasteiger partial charge in [0.1, 0.15) is 11.5 Å². The van der Waals surface area contributed by atoms with Crippen molar-refractivity contribution in [1.82, 2.24) is 0 Å². The van der Waals surface area contributed by atoms with Gasteiger partial charge in [-0.25, -0.2) is 0 Å². The Hall–Kier alpha value is -2.15. The Bertz CT molecular complexity index is 457. The number of rotatable bonds is 4. The van der Waals surface area contributed by atoms with E-state index in [0.717, 1.165) is 6.42 Å². The molecule has 0 aliphatic heterocycles. The van der Waals surface area contributed by atoms with Crippen LogP contribution in [0.1, 0.15) is 20.3 Å². The Labute approximate surface area is 101 Å². The lowest BCUT2D eigenvalue weighted by atomic mass is 10.2. The minimum Gasteiger partial charge on any atom is -0.508 e. The summed E-state index contributed by atoms with van der Waals surface area (Å²) in [5.41, 5.74) is 0.504. The molecule has 1 amide bonds. The number of hydrogen-bond donors (Lipinski definition) is 2. The second kappa shape index (κ2) is 6.44. The van der Waals surface area contributed by atoms with E-state index in [-0.39, 0.29) is 5.75 Å². The second-order valence-electron chi connectivity index (χ2n) is 3.36. The molecule has 0 bridgehead atoms. The molecule has 0 aromatic heterocycles. The summed E-state index contributed by atoms with van der Waals surface area (Å²) >= 11 is 0. The maximum absolute atomic E-state index is 11.3. The van der Waals surface area contributed by atoms with Crippen molar-refractivity contribution in [1.29, 1.82) is 0 Å². The van der Waals surface area contributed by atoms with Crippen molar-refractivity contribution < 1.29 is 14.6 Å². The zero-order valence-corrected chi connectivity index (χ0v) is 9.91. The number of amides is 1. The highest BCUT2D eigenvalue weighted by Crippen LogP contribution is 2.28. The monoisotopic (exact) mass is 233 g/mol. The lowest BCUT2D eigenvalue weighted by molar-refractivity contribution is -0.111. The van der Waals surface area contributed by atoms with Crippen LogP contribution in [0.25, 0.3) is 0 Å². The third-order valence-electron chi connectivity index (χ3n) is 1.91. The van der Waals surface area contributed by atoms with Gasteiger partial charge < -0.3 is 15.2 Å². The molecular weight excluding hydrogens is 218 g/mol. The summed E-state index contributed by atoms with van der Waals surface area (Å²) in [7, 11) is 0. The van der Waals surface area contributed by atoms with E-state index in [0.29, 0.717) is 18.0 Å². The van der Waals surface area contributed by atoms with E-state index in [1.165, 1.54) is 12.1 Å². The molecule has 2 N–H and O–H groups in total. The van der Waals surface area contributed by atoms with E-state index < -0.39 is 5.91 Å². The number of phenolic OH excluding ortho intramolecular Hbond substituents is 1. The molecule has 4 nitrogen and oxygen atoms in total. The average molecular weight is 233 g/mol. The fraction of sp³-hybridized carbons (Fsp3) is 0.308. The molecular formula is C13H15NO3. The highest BCUT2D eigenvalue weighted by atomic mass is 16.5. The maximum atomic E-state index is 11.3. The van der Waals surface area contributed by atoms with E-state index in [4.69, 9.17) is 4.74 Å². The molecule has 1 aromatic carbocycles. The molecule has 0 aliphatic carbocycles. The zero-order valence-electron chi connectivity index (χ0n) is 9.91. The van der Waals surface area contributed by atoms with Crippen molar-refractivity contribution >= 4 is 11.6 Å². The van der Waals surface area contributed by atoms with Gasteiger partial charge in [-0.05, 0) is 31.4 Å². The fourth-order valence-electron chi connectivity index (χ4n) is 1.21. The molecule has 90 valence electrons. The third-order valence-corrected chi connectivity index (χ3v) is 1.91. The van der Waals surface area contributed by atoms with Crippen LogP contribution in [-0.2, 0) is 4.79 Å². The predicted octanol–water partition coefficient (Wildman–Crippen LogP) is 2.14. The van der Waals surface area contributed by atoms with Crippen molar-refractivity contribution in [3.05, 3.63) is 18.2 Å². The Kier molecular flexibility index (Phi) is 4.89. The first-order valence-corrected chi connectivity index (χ1v) is 5.37. The summed E-state index contributed by atoms with van der Waals surface area (Å²) in [5.74, 6) is 5.02. The number of hydrogen-bond acceptors (Lipinski definition) is 3. The molecule has 0 radical (unpaired) electrons. The van der Waals surface area contributed by atoms with E-state index >= 15 is 0 Å². The fourth-order valence-corrected chi connectivity index (χ4v) is 1.21. The van der Waals surface area contributed by atoms with Gasteiger partial charge >= 0.3 is 0 Å². The number of anilines is 1. The predicted molar refractivity (Wildman–Crippen MR) is 66.0 cm³/mol. The van der Waals surface area contributed by atoms with Crippen LogP contribution < -0.4 is 10.1 Å². The average Bonchev–Trinajstić information content (AvgIpc) is 2.30. The molecule has 0 saturated carbocycles. The summed E-state index contributed by atoms with van der Waals surface area (Å²) < 4.78 is 5.42. The smallest absolute Gasteiger partial charge is 0.300 e. The van der Waals surface area contributed by atoms with Gasteiger partial charge in [0.05, 0.1) is 12.3 Å². The quantitative estimate of drug-likeness (QED) is 0.618. The standard InChI is InChI=1S/C13H15NO3/c1-3-5-13(16)14-11-7-6-10(15)9-12(11)17-8-4-2/h6-7,9,15H,4,8H2,1-2H3,(H,14,16). The molecule has 4 heteroatoms. The summed E-state index contributed by atoms with van der Waals surface area (Å²) in [6, 6.07) is 4.52. The van der Waals surface area contributed by atoms with Gasteiger partial charge in [-0.2, -0.15) is 0 Å². The number of ether oxygens (including phenoxy) is 1. The Morgan fingerprint density at radius 2 is 2.29 bits per heavy atom. The van der Waals surface area contributed by atoms with Crippen LogP contribution >= 0.6 is 0 Å². The van der Waals surface area contributed by atoms with Crippen molar-refractivity contribution in [2.45, 2.75) is 20.3 Å². The number of aromatic hydroxyl groups is 1. The highest BCUT2D eigenvalue weighted by Gasteiger charge is 2.07. The number of nitrogens with one attached hydrogen (secondary N) is 1. The molecule has 0 heterocycles. The number of benzene rings is 1. The number of carbonyl (C=O) groups is 1. The van der Waals surface area contributed by atoms with Gasteiger partial charge in [-0.15, -0.1) is 0 Å². The molecule has 0 fully saturated rings. The molecule has 0 spiro atoms. The molecule has 1 rings (SSSR count). The molecule has 0 atom stereocenters. The molecule has 1 aromatic rings. The molecule has 17 heavy (non-hydrogen) atoms. The summed E-state index contributed by atoms with van der Waals surface area (Å²) in [6.07, 6.45) is 0.845. The van der Waals surface area contributed by atoms with Crippen molar-refractivity contribution in [3.8, 4) is 23.3 Å². The van der Waals surface area contributed by atoms with Crippen LogP contribution in [0.4, 0.5) is 5.69 Å². The van der Waals surface area contributed by atoms with Crippen LogP contribution in [0.2, 0.25) is 0 Å². The zero-order chi connectivity index (χ0) is 12.7. The van der Waals surface area contributed by atoms with Gasteiger partial charge in [-0.1, -0.05) is 12.8 Å². The van der Waals surface area contributed by atoms with Crippen LogP contribution in [0.5, 0.6) is 11.5 Å². The van der Waals surface area contributed by atoms with Crippen LogP contribution in [-0.4, -0.2) is 17.6 Å². The second-order valence-corrected chi connectivity index (χ2v) is 3.36. The van der Waals surface area contributed by atoms with Crippen molar-refractivity contribution in [2.24, 2.45) is 0 Å². The van der Waals surface area contributed by atoms with Crippen molar-refractivity contribution in [3.63, 3.8) is 0 Å². The van der Waals surface area contributed by atoms with Crippen LogP contribution in [0, 0.1) is 11.8 Å². The van der Waals surface area contributed by atoms with E-state index in [9.17, 15) is 9.90 Å². The SMILES string of the molecule is CC#CC(=O)Nc1ccc(O)cc1OCCC. The normalized spacial score (nSPS) is 9.06. The summed E-state index contributed by atoms with van der Waals surface area (Å²) in [6.45, 7) is 4.08. The Balaban J connectivity index is 2.88.